The van der Waals surface area contributed by atoms with E-state index in [4.69, 9.17) is 4.52 Å². The van der Waals surface area contributed by atoms with Gasteiger partial charge in [0.15, 0.2) is 0 Å². The number of carbonyl (C=O) groups excluding carboxylic acids is 2. The van der Waals surface area contributed by atoms with Crippen molar-refractivity contribution in [3.63, 3.8) is 0 Å². The van der Waals surface area contributed by atoms with Crippen molar-refractivity contribution in [2.75, 3.05) is 13.1 Å². The van der Waals surface area contributed by atoms with Crippen LogP contribution in [0.5, 0.6) is 0 Å². The second-order valence-corrected chi connectivity index (χ2v) is 6.93. The van der Waals surface area contributed by atoms with Crippen molar-refractivity contribution in [2.45, 2.75) is 18.9 Å². The predicted molar refractivity (Wildman–Crippen MR) is 97.8 cm³/mol. The van der Waals surface area contributed by atoms with Crippen LogP contribution in [-0.4, -0.2) is 51.0 Å². The zero-order valence-electron chi connectivity index (χ0n) is 14.4. The van der Waals surface area contributed by atoms with Gasteiger partial charge in [0.2, 0.25) is 23.5 Å². The van der Waals surface area contributed by atoms with Crippen molar-refractivity contribution in [1.82, 2.24) is 25.3 Å². The first-order chi connectivity index (χ1) is 13.2. The molecule has 3 aromatic heterocycles. The van der Waals surface area contributed by atoms with Crippen molar-refractivity contribution in [3.05, 3.63) is 52.8 Å². The van der Waals surface area contributed by atoms with Crippen LogP contribution in [0.15, 0.2) is 45.9 Å². The van der Waals surface area contributed by atoms with Gasteiger partial charge in [0.05, 0.1) is 12.8 Å². The van der Waals surface area contributed by atoms with E-state index in [-0.39, 0.29) is 24.7 Å². The van der Waals surface area contributed by atoms with Crippen LogP contribution < -0.4 is 5.32 Å². The Balaban J connectivity index is 1.50. The zero-order chi connectivity index (χ0) is 18.6. The minimum absolute atomic E-state index is 0.0814. The third-order valence-electron chi connectivity index (χ3n) is 4.36. The average molecular weight is 383 g/mol. The standard InChI is InChI=1S/C18H17N5O3S/c24-16(9-12-3-8-27-11-12)23-7-6-20-18(25)14(23)10-15-21-17(22-26-15)13-1-4-19-5-2-13/h1-5,8,11,14H,6-7,9-10H2,(H,20,25). The SMILES string of the molecule is O=C1NCCN(C(=O)Cc2ccsc2)C1Cc1nc(-c2ccncc2)no1. The molecule has 1 fully saturated rings. The summed E-state index contributed by atoms with van der Waals surface area (Å²) in [5.41, 5.74) is 1.73. The Morgan fingerprint density at radius 1 is 1.33 bits per heavy atom. The molecule has 4 rings (SSSR count). The topological polar surface area (TPSA) is 101 Å². The van der Waals surface area contributed by atoms with Gasteiger partial charge >= 0.3 is 0 Å². The predicted octanol–water partition coefficient (Wildman–Crippen LogP) is 1.31. The normalized spacial score (nSPS) is 17.0. The van der Waals surface area contributed by atoms with Gasteiger partial charge in [0, 0.05) is 31.0 Å². The van der Waals surface area contributed by atoms with Gasteiger partial charge in [-0.25, -0.2) is 0 Å². The molecule has 0 aliphatic carbocycles. The molecule has 0 aromatic carbocycles. The largest absolute Gasteiger partial charge is 0.353 e. The Labute approximate surface area is 159 Å². The third-order valence-corrected chi connectivity index (χ3v) is 5.09. The van der Waals surface area contributed by atoms with Crippen LogP contribution in [0.4, 0.5) is 0 Å². The summed E-state index contributed by atoms with van der Waals surface area (Å²) >= 11 is 1.55. The maximum absolute atomic E-state index is 12.7. The van der Waals surface area contributed by atoms with E-state index in [1.165, 1.54) is 0 Å². The smallest absolute Gasteiger partial charge is 0.243 e. The maximum atomic E-state index is 12.7. The molecule has 3 aromatic rings. The number of hydrogen-bond acceptors (Lipinski definition) is 7. The summed E-state index contributed by atoms with van der Waals surface area (Å²) in [5.74, 6) is 0.461. The zero-order valence-corrected chi connectivity index (χ0v) is 15.2. The summed E-state index contributed by atoms with van der Waals surface area (Å²) in [6, 6.07) is 4.81. The van der Waals surface area contributed by atoms with E-state index in [1.54, 1.807) is 40.8 Å². The summed E-state index contributed by atoms with van der Waals surface area (Å²) in [5, 5.41) is 10.6. The van der Waals surface area contributed by atoms with Gasteiger partial charge in [-0.2, -0.15) is 16.3 Å². The number of nitrogens with zero attached hydrogens (tertiary/aromatic N) is 4. The molecular weight excluding hydrogens is 366 g/mol. The maximum Gasteiger partial charge on any atom is 0.243 e. The van der Waals surface area contributed by atoms with E-state index in [1.807, 2.05) is 16.8 Å². The van der Waals surface area contributed by atoms with Gasteiger partial charge in [-0.05, 0) is 34.5 Å². The van der Waals surface area contributed by atoms with Crippen molar-refractivity contribution < 1.29 is 14.1 Å². The molecule has 138 valence electrons. The summed E-state index contributed by atoms with van der Waals surface area (Å²) < 4.78 is 5.31. The van der Waals surface area contributed by atoms with E-state index in [9.17, 15) is 9.59 Å². The van der Waals surface area contributed by atoms with Crippen LogP contribution in [0.1, 0.15) is 11.5 Å². The molecule has 1 unspecified atom stereocenters. The number of pyridine rings is 1. The number of amides is 2. The first-order valence-electron chi connectivity index (χ1n) is 8.52. The number of rotatable bonds is 5. The molecule has 1 N–H and O–H groups in total. The van der Waals surface area contributed by atoms with Crippen molar-refractivity contribution in [3.8, 4) is 11.4 Å². The molecular formula is C18H17N5O3S. The molecule has 4 heterocycles. The van der Waals surface area contributed by atoms with Crippen LogP contribution in [0, 0.1) is 0 Å². The number of nitrogens with one attached hydrogen (secondary N) is 1. The van der Waals surface area contributed by atoms with E-state index in [0.717, 1.165) is 11.1 Å². The molecule has 1 aliphatic rings. The van der Waals surface area contributed by atoms with Crippen LogP contribution in [0.2, 0.25) is 0 Å². The van der Waals surface area contributed by atoms with Crippen LogP contribution in [-0.2, 0) is 22.4 Å². The van der Waals surface area contributed by atoms with Gasteiger partial charge in [0.1, 0.15) is 6.04 Å². The van der Waals surface area contributed by atoms with Crippen LogP contribution in [0.25, 0.3) is 11.4 Å². The summed E-state index contributed by atoms with van der Waals surface area (Å²) in [6.45, 7) is 0.904. The highest BCUT2D eigenvalue weighted by atomic mass is 32.1. The number of hydrogen-bond donors (Lipinski definition) is 1. The Hall–Kier alpha value is -3.07. The lowest BCUT2D eigenvalue weighted by Crippen LogP contribution is -2.58. The molecule has 0 bridgehead atoms. The third kappa shape index (κ3) is 3.87. The summed E-state index contributed by atoms with van der Waals surface area (Å²) in [4.78, 5) is 35.0. The monoisotopic (exact) mass is 383 g/mol. The molecule has 1 aliphatic heterocycles. The van der Waals surface area contributed by atoms with E-state index >= 15 is 0 Å². The Morgan fingerprint density at radius 3 is 2.96 bits per heavy atom. The van der Waals surface area contributed by atoms with Crippen molar-refractivity contribution >= 4 is 23.2 Å². The fourth-order valence-corrected chi connectivity index (χ4v) is 3.68. The second-order valence-electron chi connectivity index (χ2n) is 6.15. The fourth-order valence-electron chi connectivity index (χ4n) is 3.01. The lowest BCUT2D eigenvalue weighted by Gasteiger charge is -2.34. The quantitative estimate of drug-likeness (QED) is 0.713. The highest BCUT2D eigenvalue weighted by Crippen LogP contribution is 2.18. The first-order valence-corrected chi connectivity index (χ1v) is 9.46. The Kier molecular flexibility index (Phi) is 4.93. The van der Waals surface area contributed by atoms with Crippen LogP contribution in [0.3, 0.4) is 0 Å². The molecule has 1 atom stereocenters. The average Bonchev–Trinajstić information content (AvgIpc) is 3.36. The fraction of sp³-hybridized carbons (Fsp3) is 0.278. The molecule has 2 amide bonds. The van der Waals surface area contributed by atoms with E-state index in [0.29, 0.717) is 24.8 Å². The minimum atomic E-state index is -0.657. The molecule has 8 nitrogen and oxygen atoms in total. The number of thiophene rings is 1. The highest BCUT2D eigenvalue weighted by molar-refractivity contribution is 7.08. The van der Waals surface area contributed by atoms with Crippen LogP contribution >= 0.6 is 11.3 Å². The number of carbonyl (C=O) groups is 2. The van der Waals surface area contributed by atoms with Gasteiger partial charge in [0.25, 0.3) is 0 Å². The minimum Gasteiger partial charge on any atom is -0.353 e. The van der Waals surface area contributed by atoms with Crippen molar-refractivity contribution in [1.29, 1.82) is 0 Å². The molecule has 27 heavy (non-hydrogen) atoms. The summed E-state index contributed by atoms with van der Waals surface area (Å²) in [6.07, 6.45) is 3.74. The van der Waals surface area contributed by atoms with Crippen molar-refractivity contribution in [2.24, 2.45) is 0 Å². The Bertz CT molecular complexity index is 926. The molecule has 0 saturated carbocycles. The number of piperazine rings is 1. The van der Waals surface area contributed by atoms with Gasteiger partial charge in [-0.15, -0.1) is 0 Å². The molecule has 9 heteroatoms. The van der Waals surface area contributed by atoms with Gasteiger partial charge in [-0.1, -0.05) is 5.16 Å². The highest BCUT2D eigenvalue weighted by Gasteiger charge is 2.34. The van der Waals surface area contributed by atoms with E-state index < -0.39 is 6.04 Å². The first kappa shape index (κ1) is 17.3. The lowest BCUT2D eigenvalue weighted by molar-refractivity contribution is -0.142. The van der Waals surface area contributed by atoms with E-state index in [2.05, 4.69) is 20.4 Å². The Morgan fingerprint density at radius 2 is 2.19 bits per heavy atom. The second kappa shape index (κ2) is 7.67. The number of aromatic nitrogens is 3. The molecule has 1 saturated heterocycles. The van der Waals surface area contributed by atoms with Gasteiger partial charge in [-0.3, -0.25) is 14.6 Å². The molecule has 0 radical (unpaired) electrons. The van der Waals surface area contributed by atoms with Gasteiger partial charge < -0.3 is 14.7 Å². The molecule has 0 spiro atoms. The summed E-state index contributed by atoms with van der Waals surface area (Å²) in [7, 11) is 0. The lowest BCUT2D eigenvalue weighted by atomic mass is 10.1.